The summed E-state index contributed by atoms with van der Waals surface area (Å²) in [6, 6.07) is 5.51. The number of alkyl halides is 2. The van der Waals surface area contributed by atoms with Crippen LogP contribution in [0.2, 0.25) is 0 Å². The molecule has 0 aliphatic carbocycles. The number of rotatable bonds is 10. The Morgan fingerprint density at radius 1 is 1.17 bits per heavy atom. The van der Waals surface area contributed by atoms with E-state index in [1.54, 1.807) is 12.1 Å². The number of hydrogen-bond acceptors (Lipinski definition) is 4. The number of ether oxygens (including phenoxy) is 2. The van der Waals surface area contributed by atoms with Gasteiger partial charge in [0.15, 0.2) is 11.5 Å². The molecule has 6 heteroatoms. The van der Waals surface area contributed by atoms with E-state index in [2.05, 4.69) is 42.9 Å². The van der Waals surface area contributed by atoms with Crippen molar-refractivity contribution < 1.29 is 18.3 Å². The standard InChI is InChI=1S/C17H28F2N2O2/c1-12(2)8-14(21(3)4)11-20-10-13-6-7-15(22-5)16(9-13)23-17(18)19/h6-7,9,12,14,17,20H,8,10-11H2,1-5H3. The van der Waals surface area contributed by atoms with Gasteiger partial charge in [0, 0.05) is 19.1 Å². The van der Waals surface area contributed by atoms with Gasteiger partial charge in [-0.25, -0.2) is 0 Å². The second-order valence-corrected chi connectivity index (χ2v) is 6.24. The van der Waals surface area contributed by atoms with Crippen LogP contribution in [0.3, 0.4) is 0 Å². The highest BCUT2D eigenvalue weighted by Crippen LogP contribution is 2.29. The molecule has 0 spiro atoms. The molecule has 0 fully saturated rings. The number of nitrogens with one attached hydrogen (secondary N) is 1. The Balaban J connectivity index is 2.63. The number of benzene rings is 1. The molecule has 0 radical (unpaired) electrons. The summed E-state index contributed by atoms with van der Waals surface area (Å²) in [6.45, 7) is 2.96. The molecule has 0 aliphatic rings. The number of halogens is 2. The highest BCUT2D eigenvalue weighted by Gasteiger charge is 2.14. The van der Waals surface area contributed by atoms with Gasteiger partial charge in [-0.15, -0.1) is 0 Å². The predicted octanol–water partition coefficient (Wildman–Crippen LogP) is 3.36. The van der Waals surface area contributed by atoms with Crippen molar-refractivity contribution in [1.29, 1.82) is 0 Å². The number of methoxy groups -OCH3 is 1. The lowest BCUT2D eigenvalue weighted by Crippen LogP contribution is -2.38. The maximum Gasteiger partial charge on any atom is 0.387 e. The van der Waals surface area contributed by atoms with E-state index in [-0.39, 0.29) is 5.75 Å². The second kappa shape index (κ2) is 9.67. The molecule has 1 unspecified atom stereocenters. The van der Waals surface area contributed by atoms with Crippen LogP contribution in [0, 0.1) is 5.92 Å². The Kier molecular flexibility index (Phi) is 8.26. The first-order chi connectivity index (χ1) is 10.8. The summed E-state index contributed by atoms with van der Waals surface area (Å²) in [5, 5.41) is 3.38. The highest BCUT2D eigenvalue weighted by molar-refractivity contribution is 5.42. The van der Waals surface area contributed by atoms with E-state index >= 15 is 0 Å². The molecule has 0 saturated heterocycles. The minimum Gasteiger partial charge on any atom is -0.493 e. The molecule has 0 aromatic heterocycles. The summed E-state index contributed by atoms with van der Waals surface area (Å²) in [5.74, 6) is 0.990. The van der Waals surface area contributed by atoms with E-state index in [9.17, 15) is 8.78 Å². The molecule has 1 aromatic carbocycles. The fraction of sp³-hybridized carbons (Fsp3) is 0.647. The average molecular weight is 330 g/mol. The van der Waals surface area contributed by atoms with E-state index in [0.717, 1.165) is 18.5 Å². The van der Waals surface area contributed by atoms with Gasteiger partial charge in [0.25, 0.3) is 0 Å². The van der Waals surface area contributed by atoms with Crippen LogP contribution >= 0.6 is 0 Å². The summed E-state index contributed by atoms with van der Waals surface area (Å²) >= 11 is 0. The summed E-state index contributed by atoms with van der Waals surface area (Å²) in [6.07, 6.45) is 1.10. The lowest BCUT2D eigenvalue weighted by Gasteiger charge is -2.26. The quantitative estimate of drug-likeness (QED) is 0.713. The molecule has 23 heavy (non-hydrogen) atoms. The minimum absolute atomic E-state index is 0.0631. The zero-order valence-corrected chi connectivity index (χ0v) is 14.6. The van der Waals surface area contributed by atoms with Gasteiger partial charge < -0.3 is 19.7 Å². The molecule has 1 rings (SSSR count). The van der Waals surface area contributed by atoms with Crippen molar-refractivity contribution >= 4 is 0 Å². The summed E-state index contributed by atoms with van der Waals surface area (Å²) < 4.78 is 34.4. The van der Waals surface area contributed by atoms with Crippen LogP contribution in [0.25, 0.3) is 0 Å². The van der Waals surface area contributed by atoms with Crippen LogP contribution in [0.4, 0.5) is 8.78 Å². The van der Waals surface area contributed by atoms with Gasteiger partial charge in [0.1, 0.15) is 0 Å². The van der Waals surface area contributed by atoms with E-state index in [1.807, 2.05) is 6.07 Å². The topological polar surface area (TPSA) is 33.7 Å². The molecule has 4 nitrogen and oxygen atoms in total. The molecule has 0 saturated carbocycles. The van der Waals surface area contributed by atoms with Gasteiger partial charge in [0.05, 0.1) is 7.11 Å². The van der Waals surface area contributed by atoms with E-state index in [0.29, 0.717) is 24.3 Å². The smallest absolute Gasteiger partial charge is 0.387 e. The Morgan fingerprint density at radius 2 is 1.87 bits per heavy atom. The lowest BCUT2D eigenvalue weighted by atomic mass is 10.0. The van der Waals surface area contributed by atoms with Crippen molar-refractivity contribution in [2.45, 2.75) is 39.5 Å². The van der Waals surface area contributed by atoms with Crippen molar-refractivity contribution in [3.05, 3.63) is 23.8 Å². The van der Waals surface area contributed by atoms with Crippen molar-refractivity contribution in [3.8, 4) is 11.5 Å². The average Bonchev–Trinajstić information content (AvgIpc) is 2.45. The van der Waals surface area contributed by atoms with Crippen LogP contribution in [0.15, 0.2) is 18.2 Å². The summed E-state index contributed by atoms with van der Waals surface area (Å²) in [7, 11) is 5.56. The molecule has 1 atom stereocenters. The van der Waals surface area contributed by atoms with Crippen LogP contribution in [-0.2, 0) is 6.54 Å². The van der Waals surface area contributed by atoms with Gasteiger partial charge in [-0.05, 0) is 44.1 Å². The molecule has 1 aromatic rings. The van der Waals surface area contributed by atoms with Gasteiger partial charge in [-0.2, -0.15) is 8.78 Å². The van der Waals surface area contributed by atoms with Crippen molar-refractivity contribution in [2.75, 3.05) is 27.7 Å². The normalized spacial score (nSPS) is 13.0. The zero-order chi connectivity index (χ0) is 17.4. The monoisotopic (exact) mass is 330 g/mol. The third-order valence-corrected chi connectivity index (χ3v) is 3.63. The third kappa shape index (κ3) is 7.14. The van der Waals surface area contributed by atoms with Crippen molar-refractivity contribution in [3.63, 3.8) is 0 Å². The molecule has 1 N–H and O–H groups in total. The number of likely N-dealkylation sites (N-methyl/N-ethyl adjacent to an activating group) is 1. The minimum atomic E-state index is -2.86. The Bertz CT molecular complexity index is 468. The predicted molar refractivity (Wildman–Crippen MR) is 88.3 cm³/mol. The van der Waals surface area contributed by atoms with Gasteiger partial charge in [-0.1, -0.05) is 19.9 Å². The maximum absolute atomic E-state index is 12.4. The van der Waals surface area contributed by atoms with Crippen molar-refractivity contribution in [1.82, 2.24) is 10.2 Å². The van der Waals surface area contributed by atoms with E-state index < -0.39 is 6.61 Å². The maximum atomic E-state index is 12.4. The molecular weight excluding hydrogens is 302 g/mol. The van der Waals surface area contributed by atoms with E-state index in [4.69, 9.17) is 4.74 Å². The first-order valence-corrected chi connectivity index (χ1v) is 7.82. The Hall–Kier alpha value is -1.40. The number of nitrogens with zero attached hydrogens (tertiary/aromatic N) is 1. The molecule has 0 bridgehead atoms. The second-order valence-electron chi connectivity index (χ2n) is 6.24. The van der Waals surface area contributed by atoms with Crippen LogP contribution in [-0.4, -0.2) is 45.3 Å². The molecular formula is C17H28F2N2O2. The Morgan fingerprint density at radius 3 is 2.39 bits per heavy atom. The molecule has 132 valence electrons. The largest absolute Gasteiger partial charge is 0.493 e. The molecule has 0 aliphatic heterocycles. The summed E-state index contributed by atoms with van der Waals surface area (Å²) in [4.78, 5) is 2.20. The molecule has 0 heterocycles. The number of hydrogen-bond donors (Lipinski definition) is 1. The first kappa shape index (κ1) is 19.6. The third-order valence-electron chi connectivity index (χ3n) is 3.63. The molecule has 0 amide bonds. The van der Waals surface area contributed by atoms with E-state index in [1.165, 1.54) is 7.11 Å². The summed E-state index contributed by atoms with van der Waals surface area (Å²) in [5.41, 5.74) is 0.878. The fourth-order valence-electron chi connectivity index (χ4n) is 2.42. The van der Waals surface area contributed by atoms with Crippen LogP contribution in [0.1, 0.15) is 25.8 Å². The fourth-order valence-corrected chi connectivity index (χ4v) is 2.42. The van der Waals surface area contributed by atoms with Gasteiger partial charge in [0.2, 0.25) is 0 Å². The van der Waals surface area contributed by atoms with Gasteiger partial charge >= 0.3 is 6.61 Å². The van der Waals surface area contributed by atoms with Crippen molar-refractivity contribution in [2.24, 2.45) is 5.92 Å². The lowest BCUT2D eigenvalue weighted by molar-refractivity contribution is -0.0512. The highest BCUT2D eigenvalue weighted by atomic mass is 19.3. The SMILES string of the molecule is COc1ccc(CNCC(CC(C)C)N(C)C)cc1OC(F)F. The van der Waals surface area contributed by atoms with Crippen LogP contribution < -0.4 is 14.8 Å². The van der Waals surface area contributed by atoms with Crippen LogP contribution in [0.5, 0.6) is 11.5 Å². The first-order valence-electron chi connectivity index (χ1n) is 7.82. The zero-order valence-electron chi connectivity index (χ0n) is 14.6. The Labute approximate surface area is 137 Å². The van der Waals surface area contributed by atoms with Gasteiger partial charge in [-0.3, -0.25) is 0 Å².